The van der Waals surface area contributed by atoms with E-state index in [9.17, 15) is 14.5 Å². The van der Waals surface area contributed by atoms with Crippen molar-refractivity contribution >= 4 is 23.8 Å². The lowest BCUT2D eigenvalue weighted by Crippen LogP contribution is -2.28. The fourth-order valence-electron chi connectivity index (χ4n) is 2.76. The summed E-state index contributed by atoms with van der Waals surface area (Å²) in [6.07, 6.45) is 0. The summed E-state index contributed by atoms with van der Waals surface area (Å²) in [4.78, 5) is 12.7. The van der Waals surface area contributed by atoms with E-state index >= 15 is 0 Å². The van der Waals surface area contributed by atoms with Crippen LogP contribution in [0.5, 0.6) is 0 Å². The van der Waals surface area contributed by atoms with Crippen LogP contribution in [0.2, 0.25) is 0 Å². The number of fused-ring (bicyclic) bond motifs is 1. The van der Waals surface area contributed by atoms with Gasteiger partial charge in [-0.1, -0.05) is 18.2 Å². The fourth-order valence-corrected chi connectivity index (χ4v) is 2.76. The van der Waals surface area contributed by atoms with Crippen molar-refractivity contribution < 1.29 is 9.31 Å². The Bertz CT molecular complexity index is 711. The molecule has 1 aliphatic rings. The van der Waals surface area contributed by atoms with Gasteiger partial charge in [-0.25, -0.2) is 4.39 Å². The number of para-hydroxylation sites is 1. The van der Waals surface area contributed by atoms with E-state index < -0.39 is 10.7 Å². The van der Waals surface area contributed by atoms with Crippen LogP contribution in [-0.2, 0) is 13.1 Å². The molecule has 0 unspecified atom stereocenters. The lowest BCUT2D eigenvalue weighted by Gasteiger charge is -2.24. The minimum atomic E-state index is -0.462. The summed E-state index contributed by atoms with van der Waals surface area (Å²) in [5, 5.41) is 14.5. The molecule has 1 N–H and O–H groups in total. The SMILES string of the molecule is Cl.O=[N+]([O-])c1ccc(F)cc1CN1CCNCc2ccccc21. The van der Waals surface area contributed by atoms with Gasteiger partial charge in [-0.2, -0.15) is 0 Å². The van der Waals surface area contributed by atoms with Crippen molar-refractivity contribution in [3.63, 3.8) is 0 Å². The maximum Gasteiger partial charge on any atom is 0.274 e. The Hall–Kier alpha value is -2.18. The molecule has 0 spiro atoms. The molecule has 0 saturated carbocycles. The Labute approximate surface area is 139 Å². The molecule has 0 amide bonds. The molecule has 1 aliphatic heterocycles. The first-order valence-corrected chi connectivity index (χ1v) is 7.11. The minimum absolute atomic E-state index is 0. The Morgan fingerprint density at radius 2 is 2.04 bits per heavy atom. The van der Waals surface area contributed by atoms with Crippen molar-refractivity contribution in [3.8, 4) is 0 Å². The van der Waals surface area contributed by atoms with Crippen molar-refractivity contribution in [3.05, 3.63) is 69.5 Å². The van der Waals surface area contributed by atoms with Gasteiger partial charge in [-0.15, -0.1) is 12.4 Å². The third-order valence-corrected chi connectivity index (χ3v) is 3.81. The van der Waals surface area contributed by atoms with E-state index in [2.05, 4.69) is 10.2 Å². The second kappa shape index (κ2) is 7.39. The Balaban J connectivity index is 0.00000192. The van der Waals surface area contributed by atoms with E-state index in [1.165, 1.54) is 12.1 Å². The van der Waals surface area contributed by atoms with Crippen LogP contribution in [0.15, 0.2) is 42.5 Å². The van der Waals surface area contributed by atoms with Gasteiger partial charge in [-0.3, -0.25) is 10.1 Å². The van der Waals surface area contributed by atoms with Crippen molar-refractivity contribution in [2.75, 3.05) is 18.0 Å². The number of nitrogens with one attached hydrogen (secondary N) is 1. The number of rotatable bonds is 3. The first-order chi connectivity index (χ1) is 10.6. The molecular weight excluding hydrogens is 321 g/mol. The molecule has 0 fully saturated rings. The molecular formula is C16H17ClFN3O2. The van der Waals surface area contributed by atoms with Gasteiger partial charge in [0.15, 0.2) is 0 Å². The molecule has 3 rings (SSSR count). The standard InChI is InChI=1S/C16H16FN3O2.ClH/c17-14-5-6-16(20(21)22)13(9-14)11-19-8-7-18-10-12-3-1-2-4-15(12)19;/h1-6,9,18H,7-8,10-11H2;1H. The monoisotopic (exact) mass is 337 g/mol. The summed E-state index contributed by atoms with van der Waals surface area (Å²) in [6, 6.07) is 11.5. The average Bonchev–Trinajstić information content (AvgIpc) is 2.70. The van der Waals surface area contributed by atoms with Crippen molar-refractivity contribution in [2.45, 2.75) is 13.1 Å². The molecule has 2 aromatic carbocycles. The van der Waals surface area contributed by atoms with E-state index in [4.69, 9.17) is 0 Å². The third kappa shape index (κ3) is 3.78. The molecule has 7 heteroatoms. The summed E-state index contributed by atoms with van der Waals surface area (Å²) in [7, 11) is 0. The zero-order valence-electron chi connectivity index (χ0n) is 12.4. The van der Waals surface area contributed by atoms with E-state index in [1.54, 1.807) is 0 Å². The van der Waals surface area contributed by atoms with Gasteiger partial charge in [-0.05, 0) is 23.8 Å². The number of benzene rings is 2. The molecule has 1 heterocycles. The third-order valence-electron chi connectivity index (χ3n) is 3.81. The van der Waals surface area contributed by atoms with Crippen LogP contribution in [0.25, 0.3) is 0 Å². The van der Waals surface area contributed by atoms with Crippen LogP contribution in [0, 0.1) is 15.9 Å². The molecule has 122 valence electrons. The molecule has 0 saturated heterocycles. The molecule has 0 atom stereocenters. The lowest BCUT2D eigenvalue weighted by molar-refractivity contribution is -0.385. The number of nitrogens with zero attached hydrogens (tertiary/aromatic N) is 2. The number of hydrogen-bond donors (Lipinski definition) is 1. The largest absolute Gasteiger partial charge is 0.365 e. The van der Waals surface area contributed by atoms with Gasteiger partial charge in [0, 0.05) is 37.9 Å². The van der Waals surface area contributed by atoms with Gasteiger partial charge >= 0.3 is 0 Å². The zero-order chi connectivity index (χ0) is 15.5. The lowest BCUT2D eigenvalue weighted by atomic mass is 10.1. The van der Waals surface area contributed by atoms with Crippen LogP contribution in [0.1, 0.15) is 11.1 Å². The molecule has 0 bridgehead atoms. The maximum absolute atomic E-state index is 13.5. The van der Waals surface area contributed by atoms with Gasteiger partial charge in [0.25, 0.3) is 5.69 Å². The first kappa shape index (κ1) is 17.2. The topological polar surface area (TPSA) is 58.4 Å². The predicted octanol–water partition coefficient (Wildman–Crippen LogP) is 3.27. The summed E-state index contributed by atoms with van der Waals surface area (Å²) >= 11 is 0. The number of nitro groups is 1. The molecule has 0 radical (unpaired) electrons. The van der Waals surface area contributed by atoms with E-state index in [0.717, 1.165) is 30.4 Å². The molecule has 2 aromatic rings. The Morgan fingerprint density at radius 3 is 2.83 bits per heavy atom. The zero-order valence-corrected chi connectivity index (χ0v) is 13.2. The van der Waals surface area contributed by atoms with Crippen LogP contribution >= 0.6 is 12.4 Å². The first-order valence-electron chi connectivity index (χ1n) is 7.11. The quantitative estimate of drug-likeness (QED) is 0.690. The molecule has 0 aliphatic carbocycles. The number of hydrogen-bond acceptors (Lipinski definition) is 4. The van der Waals surface area contributed by atoms with E-state index in [0.29, 0.717) is 18.7 Å². The second-order valence-corrected chi connectivity index (χ2v) is 5.26. The van der Waals surface area contributed by atoms with Gasteiger partial charge in [0.05, 0.1) is 10.5 Å². The van der Waals surface area contributed by atoms with E-state index in [1.807, 2.05) is 24.3 Å². The van der Waals surface area contributed by atoms with Crippen LogP contribution in [0.4, 0.5) is 15.8 Å². The summed E-state index contributed by atoms with van der Waals surface area (Å²) in [5.74, 6) is -0.457. The van der Waals surface area contributed by atoms with Crippen molar-refractivity contribution in [1.29, 1.82) is 0 Å². The highest BCUT2D eigenvalue weighted by molar-refractivity contribution is 5.85. The highest BCUT2D eigenvalue weighted by Gasteiger charge is 2.20. The van der Waals surface area contributed by atoms with Crippen molar-refractivity contribution in [2.24, 2.45) is 0 Å². The molecule has 23 heavy (non-hydrogen) atoms. The second-order valence-electron chi connectivity index (χ2n) is 5.26. The number of halogens is 2. The van der Waals surface area contributed by atoms with Crippen molar-refractivity contribution in [1.82, 2.24) is 5.32 Å². The predicted molar refractivity (Wildman–Crippen MR) is 89.5 cm³/mol. The number of nitro benzene ring substituents is 1. The van der Waals surface area contributed by atoms with Crippen LogP contribution in [0.3, 0.4) is 0 Å². The average molecular weight is 338 g/mol. The molecule has 5 nitrogen and oxygen atoms in total. The Morgan fingerprint density at radius 1 is 1.26 bits per heavy atom. The Kier molecular flexibility index (Phi) is 5.52. The highest BCUT2D eigenvalue weighted by Crippen LogP contribution is 2.27. The fraction of sp³-hybridized carbons (Fsp3) is 0.250. The summed E-state index contributed by atoms with van der Waals surface area (Å²) in [5.41, 5.74) is 2.52. The van der Waals surface area contributed by atoms with Gasteiger partial charge in [0.2, 0.25) is 0 Å². The van der Waals surface area contributed by atoms with E-state index in [-0.39, 0.29) is 18.1 Å². The molecule has 0 aromatic heterocycles. The normalized spacial score (nSPS) is 13.7. The van der Waals surface area contributed by atoms with Gasteiger partial charge in [0.1, 0.15) is 5.82 Å². The minimum Gasteiger partial charge on any atom is -0.365 e. The van der Waals surface area contributed by atoms with Gasteiger partial charge < -0.3 is 10.2 Å². The summed E-state index contributed by atoms with van der Waals surface area (Å²) in [6.45, 7) is 2.56. The maximum atomic E-state index is 13.5. The van der Waals surface area contributed by atoms with Crippen LogP contribution in [-0.4, -0.2) is 18.0 Å². The number of anilines is 1. The highest BCUT2D eigenvalue weighted by atomic mass is 35.5. The van der Waals surface area contributed by atoms with Crippen LogP contribution < -0.4 is 10.2 Å². The smallest absolute Gasteiger partial charge is 0.274 e. The summed E-state index contributed by atoms with van der Waals surface area (Å²) < 4.78 is 13.5.